The molecule has 1 heterocycles. The van der Waals surface area contributed by atoms with Crippen LogP contribution in [0.5, 0.6) is 0 Å². The lowest BCUT2D eigenvalue weighted by atomic mass is 9.86. The van der Waals surface area contributed by atoms with Crippen LogP contribution in [0.15, 0.2) is 24.3 Å². The Bertz CT molecular complexity index is 550. The maximum absolute atomic E-state index is 12.2. The fourth-order valence-electron chi connectivity index (χ4n) is 3.16. The molecule has 1 amide bonds. The summed E-state index contributed by atoms with van der Waals surface area (Å²) in [5, 5.41) is 11.9. The highest BCUT2D eigenvalue weighted by atomic mass is 16.5. The van der Waals surface area contributed by atoms with E-state index >= 15 is 0 Å². The Balaban J connectivity index is 1.74. The number of carbonyl (C=O) groups excluding carboxylic acids is 1. The molecule has 0 radical (unpaired) electrons. The first-order valence-electron chi connectivity index (χ1n) is 9.59. The van der Waals surface area contributed by atoms with E-state index in [9.17, 15) is 4.79 Å². The molecule has 2 rings (SSSR count). The molecule has 1 saturated heterocycles. The van der Waals surface area contributed by atoms with Crippen LogP contribution in [0.3, 0.4) is 0 Å². The molecule has 26 heavy (non-hydrogen) atoms. The second kappa shape index (κ2) is 10.0. The zero-order valence-corrected chi connectivity index (χ0v) is 16.3. The summed E-state index contributed by atoms with van der Waals surface area (Å²) >= 11 is 0. The Morgan fingerprint density at radius 1 is 1.31 bits per heavy atom. The van der Waals surface area contributed by atoms with Crippen LogP contribution in [-0.4, -0.2) is 49.6 Å². The molecular weight excluding hydrogens is 330 g/mol. The maximum Gasteiger partial charge on any atom is 0.220 e. The molecule has 1 aromatic rings. The highest BCUT2D eigenvalue weighted by Crippen LogP contribution is 2.22. The number of aryl methyl sites for hydroxylation is 1. The number of hydrogen-bond donors (Lipinski definition) is 2. The van der Waals surface area contributed by atoms with Crippen LogP contribution in [0.4, 0.5) is 0 Å². The van der Waals surface area contributed by atoms with Gasteiger partial charge in [-0.1, -0.05) is 45.0 Å². The summed E-state index contributed by atoms with van der Waals surface area (Å²) in [4.78, 5) is 12.2. The Labute approximate surface area is 157 Å². The number of aliphatic hydroxyl groups excluding tert-OH is 1. The molecule has 0 saturated carbocycles. The molecule has 1 aliphatic heterocycles. The van der Waals surface area contributed by atoms with E-state index in [4.69, 9.17) is 14.6 Å². The van der Waals surface area contributed by atoms with E-state index in [1.807, 2.05) is 0 Å². The van der Waals surface area contributed by atoms with E-state index in [0.29, 0.717) is 26.2 Å². The van der Waals surface area contributed by atoms with Gasteiger partial charge >= 0.3 is 0 Å². The molecule has 0 bridgehead atoms. The lowest BCUT2D eigenvalue weighted by Crippen LogP contribution is -2.50. The Morgan fingerprint density at radius 2 is 2.04 bits per heavy atom. The smallest absolute Gasteiger partial charge is 0.220 e. The van der Waals surface area contributed by atoms with Crippen LogP contribution in [0.1, 0.15) is 51.2 Å². The largest absolute Gasteiger partial charge is 0.394 e. The summed E-state index contributed by atoms with van der Waals surface area (Å²) in [6.45, 7) is 8.01. The summed E-state index contributed by atoms with van der Waals surface area (Å²) in [7, 11) is 0. The number of hydrogen-bond acceptors (Lipinski definition) is 4. The van der Waals surface area contributed by atoms with Crippen molar-refractivity contribution in [3.05, 3.63) is 35.4 Å². The van der Waals surface area contributed by atoms with Gasteiger partial charge in [0.05, 0.1) is 32.0 Å². The molecule has 146 valence electrons. The van der Waals surface area contributed by atoms with Gasteiger partial charge in [0, 0.05) is 13.0 Å². The molecule has 0 aliphatic carbocycles. The van der Waals surface area contributed by atoms with E-state index in [1.165, 1.54) is 11.1 Å². The average molecular weight is 363 g/mol. The minimum absolute atomic E-state index is 0.00791. The van der Waals surface area contributed by atoms with Crippen molar-refractivity contribution in [1.29, 1.82) is 0 Å². The van der Waals surface area contributed by atoms with Crippen molar-refractivity contribution in [2.75, 3.05) is 26.4 Å². The number of aliphatic hydroxyl groups is 1. The van der Waals surface area contributed by atoms with Crippen LogP contribution >= 0.6 is 0 Å². The van der Waals surface area contributed by atoms with E-state index in [2.05, 4.69) is 50.4 Å². The van der Waals surface area contributed by atoms with Crippen molar-refractivity contribution in [2.45, 2.75) is 64.0 Å². The average Bonchev–Trinajstić information content (AvgIpc) is 2.60. The summed E-state index contributed by atoms with van der Waals surface area (Å²) < 4.78 is 11.1. The molecule has 1 fully saturated rings. The third kappa shape index (κ3) is 6.71. The SMILES string of the molecule is CC(C)(C)c1ccc(CCCC(=O)N[C@@H]2COCC[C@@H]2OCCO)cc1. The van der Waals surface area contributed by atoms with Gasteiger partial charge in [-0.2, -0.15) is 0 Å². The second-order valence-electron chi connectivity index (χ2n) is 7.97. The summed E-state index contributed by atoms with van der Waals surface area (Å²) in [6, 6.07) is 8.54. The van der Waals surface area contributed by atoms with Crippen LogP contribution in [-0.2, 0) is 26.1 Å². The van der Waals surface area contributed by atoms with Crippen molar-refractivity contribution in [2.24, 2.45) is 0 Å². The van der Waals surface area contributed by atoms with Crippen molar-refractivity contribution in [3.8, 4) is 0 Å². The number of rotatable bonds is 8. The van der Waals surface area contributed by atoms with E-state index in [-0.39, 0.29) is 30.1 Å². The maximum atomic E-state index is 12.2. The first-order valence-corrected chi connectivity index (χ1v) is 9.59. The van der Waals surface area contributed by atoms with Gasteiger partial charge in [0.2, 0.25) is 5.91 Å². The van der Waals surface area contributed by atoms with Crippen molar-refractivity contribution < 1.29 is 19.4 Å². The van der Waals surface area contributed by atoms with Crippen LogP contribution in [0.25, 0.3) is 0 Å². The standard InChI is InChI=1S/C21H33NO4/c1-21(2,3)17-9-7-16(8-10-17)5-4-6-20(24)22-18-15-25-13-11-19(18)26-14-12-23/h7-10,18-19,23H,4-6,11-15H2,1-3H3,(H,22,24)/t18-,19+/m1/s1. The first kappa shape index (κ1) is 20.9. The molecule has 1 aromatic carbocycles. The number of amides is 1. The minimum Gasteiger partial charge on any atom is -0.394 e. The number of ether oxygens (including phenoxy) is 2. The van der Waals surface area contributed by atoms with Crippen LogP contribution in [0, 0.1) is 0 Å². The topological polar surface area (TPSA) is 67.8 Å². The summed E-state index contributed by atoms with van der Waals surface area (Å²) in [5.74, 6) is 0.0319. The Hall–Kier alpha value is -1.43. The number of nitrogens with one attached hydrogen (secondary N) is 1. The van der Waals surface area contributed by atoms with E-state index in [0.717, 1.165) is 19.3 Å². The predicted molar refractivity (Wildman–Crippen MR) is 102 cm³/mol. The third-order valence-electron chi connectivity index (χ3n) is 4.75. The zero-order valence-electron chi connectivity index (χ0n) is 16.3. The molecule has 0 spiro atoms. The first-order chi connectivity index (χ1) is 12.4. The van der Waals surface area contributed by atoms with Gasteiger partial charge in [0.1, 0.15) is 0 Å². The minimum atomic E-state index is -0.131. The Morgan fingerprint density at radius 3 is 2.69 bits per heavy atom. The zero-order chi connectivity index (χ0) is 19.0. The fraction of sp³-hybridized carbons (Fsp3) is 0.667. The van der Waals surface area contributed by atoms with Gasteiger partial charge in [-0.05, 0) is 35.8 Å². The molecule has 5 heteroatoms. The van der Waals surface area contributed by atoms with Crippen molar-refractivity contribution in [3.63, 3.8) is 0 Å². The van der Waals surface area contributed by atoms with E-state index in [1.54, 1.807) is 0 Å². The number of carbonyl (C=O) groups is 1. The van der Waals surface area contributed by atoms with Gasteiger partial charge < -0.3 is 19.9 Å². The monoisotopic (exact) mass is 363 g/mol. The van der Waals surface area contributed by atoms with Gasteiger partial charge in [0.15, 0.2) is 0 Å². The van der Waals surface area contributed by atoms with Crippen molar-refractivity contribution in [1.82, 2.24) is 5.32 Å². The molecular formula is C21H33NO4. The molecule has 2 N–H and O–H groups in total. The Kier molecular flexibility index (Phi) is 8.07. The molecule has 0 aromatic heterocycles. The molecule has 2 atom stereocenters. The van der Waals surface area contributed by atoms with Gasteiger partial charge in [-0.25, -0.2) is 0 Å². The highest BCUT2D eigenvalue weighted by molar-refractivity contribution is 5.76. The molecule has 1 aliphatic rings. The van der Waals surface area contributed by atoms with Crippen LogP contribution < -0.4 is 5.32 Å². The number of benzene rings is 1. The van der Waals surface area contributed by atoms with Gasteiger partial charge in [-0.3, -0.25) is 4.79 Å². The van der Waals surface area contributed by atoms with E-state index < -0.39 is 0 Å². The predicted octanol–water partition coefficient (Wildman–Crippen LogP) is 2.59. The third-order valence-corrected chi connectivity index (χ3v) is 4.75. The second-order valence-corrected chi connectivity index (χ2v) is 7.97. The molecule has 0 unspecified atom stereocenters. The normalized spacial score (nSPS) is 20.8. The molecule has 5 nitrogen and oxygen atoms in total. The van der Waals surface area contributed by atoms with Gasteiger partial charge in [0.25, 0.3) is 0 Å². The summed E-state index contributed by atoms with van der Waals surface area (Å²) in [5.41, 5.74) is 2.75. The lowest BCUT2D eigenvalue weighted by molar-refractivity contribution is -0.126. The fourth-order valence-corrected chi connectivity index (χ4v) is 3.16. The quantitative estimate of drug-likeness (QED) is 0.745. The van der Waals surface area contributed by atoms with Crippen LogP contribution in [0.2, 0.25) is 0 Å². The highest BCUT2D eigenvalue weighted by Gasteiger charge is 2.27. The van der Waals surface area contributed by atoms with Crippen molar-refractivity contribution >= 4 is 5.91 Å². The lowest BCUT2D eigenvalue weighted by Gasteiger charge is -2.32. The summed E-state index contributed by atoms with van der Waals surface area (Å²) in [6.07, 6.45) is 2.86. The van der Waals surface area contributed by atoms with Gasteiger partial charge in [-0.15, -0.1) is 0 Å².